The summed E-state index contributed by atoms with van der Waals surface area (Å²) in [4.78, 5) is 12.2. The van der Waals surface area contributed by atoms with Gasteiger partial charge in [0, 0.05) is 17.1 Å². The van der Waals surface area contributed by atoms with Crippen LogP contribution >= 0.6 is 0 Å². The normalized spacial score (nSPS) is 12.6. The van der Waals surface area contributed by atoms with Crippen LogP contribution in [0.25, 0.3) is 5.76 Å². The molecule has 0 saturated heterocycles. The fourth-order valence-corrected chi connectivity index (χ4v) is 2.51. The van der Waals surface area contributed by atoms with Crippen molar-refractivity contribution in [1.82, 2.24) is 0 Å². The SMILES string of the molecule is CC/C(C(=O)C(C)C)=C(/O)c1c(C)cc(C)cc1C. The number of aliphatic hydroxyl groups is 1. The zero-order chi connectivity index (χ0) is 14.7. The predicted octanol–water partition coefficient (Wildman–Crippen LogP) is 4.52. The molecule has 0 aromatic heterocycles. The minimum atomic E-state index is -0.0943. The number of aryl methyl sites for hydroxylation is 3. The summed E-state index contributed by atoms with van der Waals surface area (Å²) >= 11 is 0. The van der Waals surface area contributed by atoms with E-state index in [-0.39, 0.29) is 17.5 Å². The Balaban J connectivity index is 3.46. The summed E-state index contributed by atoms with van der Waals surface area (Å²) in [5.74, 6) is 0.0822. The molecule has 0 saturated carbocycles. The van der Waals surface area contributed by atoms with Gasteiger partial charge in [0.25, 0.3) is 0 Å². The van der Waals surface area contributed by atoms with E-state index in [4.69, 9.17) is 0 Å². The topological polar surface area (TPSA) is 37.3 Å². The number of aliphatic hydroxyl groups excluding tert-OH is 1. The van der Waals surface area contributed by atoms with E-state index in [2.05, 4.69) is 0 Å². The Morgan fingerprint density at radius 1 is 1.16 bits per heavy atom. The smallest absolute Gasteiger partial charge is 0.165 e. The fraction of sp³-hybridized carbons (Fsp3) is 0.471. The van der Waals surface area contributed by atoms with Crippen LogP contribution in [0.4, 0.5) is 0 Å². The Bertz CT molecular complexity index is 499. The highest BCUT2D eigenvalue weighted by Gasteiger charge is 2.19. The number of ketones is 1. The van der Waals surface area contributed by atoms with Crippen LogP contribution < -0.4 is 0 Å². The Morgan fingerprint density at radius 2 is 1.63 bits per heavy atom. The lowest BCUT2D eigenvalue weighted by Crippen LogP contribution is -2.12. The van der Waals surface area contributed by atoms with Gasteiger partial charge in [-0.15, -0.1) is 0 Å². The number of allylic oxidation sites excluding steroid dienone is 1. The number of Topliss-reactive ketones (excluding diaryl/α,β-unsaturated/α-hetero) is 1. The molecule has 0 spiro atoms. The molecule has 0 fully saturated rings. The van der Waals surface area contributed by atoms with Gasteiger partial charge in [-0.25, -0.2) is 0 Å². The van der Waals surface area contributed by atoms with Gasteiger partial charge in [-0.05, 0) is 38.3 Å². The first-order valence-corrected chi connectivity index (χ1v) is 6.84. The molecule has 1 N–H and O–H groups in total. The maximum atomic E-state index is 12.2. The molecule has 19 heavy (non-hydrogen) atoms. The summed E-state index contributed by atoms with van der Waals surface area (Å²) in [6.07, 6.45) is 0.551. The lowest BCUT2D eigenvalue weighted by molar-refractivity contribution is -0.118. The van der Waals surface area contributed by atoms with Crippen molar-refractivity contribution < 1.29 is 9.90 Å². The minimum absolute atomic E-state index is 0.0272. The second-order valence-corrected chi connectivity index (χ2v) is 5.47. The zero-order valence-electron chi connectivity index (χ0n) is 12.8. The zero-order valence-corrected chi connectivity index (χ0v) is 12.8. The first kappa shape index (κ1) is 15.5. The van der Waals surface area contributed by atoms with Crippen LogP contribution in [0, 0.1) is 26.7 Å². The molecule has 104 valence electrons. The van der Waals surface area contributed by atoms with Crippen molar-refractivity contribution >= 4 is 11.5 Å². The van der Waals surface area contributed by atoms with Gasteiger partial charge in [0.15, 0.2) is 5.78 Å². The molecular formula is C17H24O2. The number of hydrogen-bond acceptors (Lipinski definition) is 2. The van der Waals surface area contributed by atoms with Gasteiger partial charge >= 0.3 is 0 Å². The van der Waals surface area contributed by atoms with E-state index < -0.39 is 0 Å². The number of rotatable bonds is 4. The number of hydrogen-bond donors (Lipinski definition) is 1. The molecule has 0 radical (unpaired) electrons. The van der Waals surface area contributed by atoms with Gasteiger partial charge in [0.05, 0.1) is 0 Å². The van der Waals surface area contributed by atoms with E-state index in [0.29, 0.717) is 12.0 Å². The molecule has 0 aliphatic rings. The van der Waals surface area contributed by atoms with Crippen molar-refractivity contribution in [2.45, 2.75) is 48.0 Å². The summed E-state index contributed by atoms with van der Waals surface area (Å²) in [5, 5.41) is 10.5. The van der Waals surface area contributed by atoms with Crippen molar-refractivity contribution in [2.24, 2.45) is 5.92 Å². The molecule has 1 aromatic carbocycles. The highest BCUT2D eigenvalue weighted by atomic mass is 16.3. The third-order valence-corrected chi connectivity index (χ3v) is 3.38. The van der Waals surface area contributed by atoms with E-state index in [1.807, 2.05) is 53.7 Å². The molecule has 0 amide bonds. The molecule has 0 unspecified atom stereocenters. The highest BCUT2D eigenvalue weighted by molar-refractivity contribution is 6.02. The third-order valence-electron chi connectivity index (χ3n) is 3.38. The molecule has 2 nitrogen and oxygen atoms in total. The molecule has 0 aliphatic heterocycles. The van der Waals surface area contributed by atoms with Crippen LogP contribution in [0.3, 0.4) is 0 Å². The lowest BCUT2D eigenvalue weighted by atomic mass is 9.91. The molecular weight excluding hydrogens is 236 g/mol. The third kappa shape index (κ3) is 3.25. The van der Waals surface area contributed by atoms with Crippen molar-refractivity contribution in [2.75, 3.05) is 0 Å². The first-order chi connectivity index (χ1) is 8.79. The van der Waals surface area contributed by atoms with Crippen molar-refractivity contribution in [1.29, 1.82) is 0 Å². The molecule has 2 heteroatoms. The van der Waals surface area contributed by atoms with Gasteiger partial charge < -0.3 is 5.11 Å². The Morgan fingerprint density at radius 3 is 2.00 bits per heavy atom. The van der Waals surface area contributed by atoms with E-state index in [0.717, 1.165) is 16.7 Å². The average Bonchev–Trinajstić information content (AvgIpc) is 2.28. The van der Waals surface area contributed by atoms with E-state index in [1.54, 1.807) is 0 Å². The summed E-state index contributed by atoms with van der Waals surface area (Å²) in [6.45, 7) is 11.6. The number of carbonyl (C=O) groups excluding carboxylic acids is 1. The molecule has 0 aliphatic carbocycles. The predicted molar refractivity (Wildman–Crippen MR) is 80.3 cm³/mol. The van der Waals surface area contributed by atoms with Crippen LogP contribution in [0.2, 0.25) is 0 Å². The van der Waals surface area contributed by atoms with Crippen molar-refractivity contribution in [3.63, 3.8) is 0 Å². The minimum Gasteiger partial charge on any atom is -0.507 e. The van der Waals surface area contributed by atoms with Gasteiger partial charge in [-0.3, -0.25) is 4.79 Å². The second kappa shape index (κ2) is 6.05. The van der Waals surface area contributed by atoms with Crippen LogP contribution in [0.1, 0.15) is 49.4 Å². The highest BCUT2D eigenvalue weighted by Crippen LogP contribution is 2.27. The summed E-state index contributed by atoms with van der Waals surface area (Å²) in [7, 11) is 0. The molecule has 1 rings (SSSR count). The molecule has 0 bridgehead atoms. The van der Waals surface area contributed by atoms with Gasteiger partial charge in [-0.2, -0.15) is 0 Å². The molecule has 0 heterocycles. The van der Waals surface area contributed by atoms with Gasteiger partial charge in [0.2, 0.25) is 0 Å². The Hall–Kier alpha value is -1.57. The summed E-state index contributed by atoms with van der Waals surface area (Å²) < 4.78 is 0. The quantitative estimate of drug-likeness (QED) is 0.638. The number of carbonyl (C=O) groups is 1. The Kier molecular flexibility index (Phi) is 4.93. The maximum Gasteiger partial charge on any atom is 0.165 e. The van der Waals surface area contributed by atoms with Gasteiger partial charge in [-0.1, -0.05) is 38.5 Å². The maximum absolute atomic E-state index is 12.2. The van der Waals surface area contributed by atoms with Crippen LogP contribution in [-0.2, 0) is 4.79 Å². The molecule has 0 atom stereocenters. The fourth-order valence-electron chi connectivity index (χ4n) is 2.51. The summed E-state index contributed by atoms with van der Waals surface area (Å²) in [6, 6.07) is 4.07. The monoisotopic (exact) mass is 260 g/mol. The second-order valence-electron chi connectivity index (χ2n) is 5.47. The largest absolute Gasteiger partial charge is 0.507 e. The lowest BCUT2D eigenvalue weighted by Gasteiger charge is -2.15. The van der Waals surface area contributed by atoms with E-state index >= 15 is 0 Å². The van der Waals surface area contributed by atoms with E-state index in [1.165, 1.54) is 5.56 Å². The van der Waals surface area contributed by atoms with Crippen LogP contribution in [0.15, 0.2) is 17.7 Å². The summed E-state index contributed by atoms with van der Waals surface area (Å²) in [5.41, 5.74) is 4.52. The standard InChI is InChI=1S/C17H24O2/c1-7-14(16(18)10(2)3)17(19)15-12(5)8-11(4)9-13(15)6/h8-10,19H,7H2,1-6H3/b17-14-. The Labute approximate surface area is 116 Å². The van der Waals surface area contributed by atoms with Gasteiger partial charge in [0.1, 0.15) is 5.76 Å². The first-order valence-electron chi connectivity index (χ1n) is 6.84. The van der Waals surface area contributed by atoms with Crippen LogP contribution in [-0.4, -0.2) is 10.9 Å². The molecule has 1 aromatic rings. The van der Waals surface area contributed by atoms with Crippen LogP contribution in [0.5, 0.6) is 0 Å². The van der Waals surface area contributed by atoms with Crippen molar-refractivity contribution in [3.05, 3.63) is 40.0 Å². The van der Waals surface area contributed by atoms with Crippen molar-refractivity contribution in [3.8, 4) is 0 Å². The number of benzene rings is 1. The average molecular weight is 260 g/mol. The van der Waals surface area contributed by atoms with E-state index in [9.17, 15) is 9.90 Å².